The summed E-state index contributed by atoms with van der Waals surface area (Å²) in [6.07, 6.45) is 0. The Morgan fingerprint density at radius 3 is 2.62 bits per heavy atom. The van der Waals surface area contributed by atoms with E-state index in [1.165, 1.54) is 16.4 Å². The highest BCUT2D eigenvalue weighted by Crippen LogP contribution is 2.24. The second-order valence-corrected chi connectivity index (χ2v) is 8.72. The predicted molar refractivity (Wildman–Crippen MR) is 109 cm³/mol. The van der Waals surface area contributed by atoms with Crippen LogP contribution in [-0.2, 0) is 19.6 Å². The van der Waals surface area contributed by atoms with Gasteiger partial charge in [0.05, 0.1) is 19.8 Å². The highest BCUT2D eigenvalue weighted by molar-refractivity contribution is 7.89. The highest BCUT2D eigenvalue weighted by Gasteiger charge is 2.29. The van der Waals surface area contributed by atoms with Crippen LogP contribution < -0.4 is 10.6 Å². The average Bonchev–Trinajstić information content (AvgIpc) is 2.71. The molecular weight excluding hydrogens is 397 g/mol. The smallest absolute Gasteiger partial charge is 0.246 e. The zero-order valence-corrected chi connectivity index (χ0v) is 17.2. The number of sulfonamides is 1. The van der Waals surface area contributed by atoms with Gasteiger partial charge in [-0.15, -0.1) is 0 Å². The van der Waals surface area contributed by atoms with Crippen molar-refractivity contribution in [3.05, 3.63) is 53.3 Å². The van der Waals surface area contributed by atoms with Gasteiger partial charge in [-0.25, -0.2) is 12.8 Å². The van der Waals surface area contributed by atoms with E-state index in [0.717, 1.165) is 17.2 Å². The Hall–Kier alpha value is -2.49. The number of nitrogens with one attached hydrogen (secondary N) is 2. The van der Waals surface area contributed by atoms with E-state index >= 15 is 0 Å². The fraction of sp³-hybridized carbons (Fsp3) is 0.350. The lowest BCUT2D eigenvalue weighted by molar-refractivity contribution is -0.114. The number of aryl methyl sites for hydroxylation is 1. The first kappa shape index (κ1) is 21.2. The van der Waals surface area contributed by atoms with Crippen molar-refractivity contribution in [3.63, 3.8) is 0 Å². The molecule has 156 valence electrons. The number of hydrogen-bond acceptors (Lipinski definition) is 5. The largest absolute Gasteiger partial charge is 0.379 e. The van der Waals surface area contributed by atoms with E-state index in [1.807, 2.05) is 32.0 Å². The number of anilines is 2. The molecule has 0 unspecified atom stereocenters. The normalized spacial score (nSPS) is 15.1. The predicted octanol–water partition coefficient (Wildman–Crippen LogP) is 2.51. The minimum absolute atomic E-state index is 0.0872. The summed E-state index contributed by atoms with van der Waals surface area (Å²) in [7, 11) is -3.97. The SMILES string of the molecule is Cc1cccc(NC(=O)CNc2ccc(F)c(S(=O)(=O)N3CCOCC3)c2)c1C. The van der Waals surface area contributed by atoms with Gasteiger partial charge in [-0.05, 0) is 49.2 Å². The van der Waals surface area contributed by atoms with Crippen LogP contribution in [0.2, 0.25) is 0 Å². The minimum Gasteiger partial charge on any atom is -0.379 e. The molecule has 9 heteroatoms. The molecule has 2 N–H and O–H groups in total. The standard InChI is InChI=1S/C20H24FN3O4S/c1-14-4-3-5-18(15(14)2)23-20(25)13-22-16-6-7-17(21)19(12-16)29(26,27)24-8-10-28-11-9-24/h3-7,12,22H,8-11,13H2,1-2H3,(H,23,25). The number of nitrogens with zero attached hydrogens (tertiary/aromatic N) is 1. The summed E-state index contributed by atoms with van der Waals surface area (Å²) < 4.78 is 46.1. The first-order valence-electron chi connectivity index (χ1n) is 9.26. The van der Waals surface area contributed by atoms with E-state index in [9.17, 15) is 17.6 Å². The summed E-state index contributed by atoms with van der Waals surface area (Å²) in [4.78, 5) is 11.8. The van der Waals surface area contributed by atoms with Gasteiger partial charge in [0.15, 0.2) is 0 Å². The molecule has 1 aliphatic rings. The van der Waals surface area contributed by atoms with Crippen molar-refractivity contribution in [2.75, 3.05) is 43.5 Å². The Bertz CT molecular complexity index is 1000. The van der Waals surface area contributed by atoms with Gasteiger partial charge in [0.2, 0.25) is 15.9 Å². The van der Waals surface area contributed by atoms with Gasteiger partial charge in [0, 0.05) is 24.5 Å². The summed E-state index contributed by atoms with van der Waals surface area (Å²) in [5.74, 6) is -1.12. The van der Waals surface area contributed by atoms with Crippen LogP contribution in [-0.4, -0.2) is 51.5 Å². The van der Waals surface area contributed by atoms with Crippen LogP contribution in [0.25, 0.3) is 0 Å². The van der Waals surface area contributed by atoms with Gasteiger partial charge in [0.25, 0.3) is 0 Å². The molecule has 0 radical (unpaired) electrons. The second kappa shape index (κ2) is 8.89. The van der Waals surface area contributed by atoms with E-state index in [1.54, 1.807) is 0 Å². The van der Waals surface area contributed by atoms with Crippen LogP contribution >= 0.6 is 0 Å². The number of ether oxygens (including phenoxy) is 1. The fourth-order valence-electron chi connectivity index (χ4n) is 3.00. The third-order valence-electron chi connectivity index (χ3n) is 4.85. The van der Waals surface area contributed by atoms with Crippen molar-refractivity contribution in [3.8, 4) is 0 Å². The number of carbonyl (C=O) groups is 1. The first-order chi connectivity index (χ1) is 13.8. The number of amides is 1. The molecule has 1 heterocycles. The molecule has 0 aromatic heterocycles. The number of rotatable bonds is 6. The molecule has 1 saturated heterocycles. The summed E-state index contributed by atoms with van der Waals surface area (Å²) >= 11 is 0. The van der Waals surface area contributed by atoms with E-state index in [2.05, 4.69) is 10.6 Å². The Labute approximate surface area is 169 Å². The highest BCUT2D eigenvalue weighted by atomic mass is 32.2. The molecule has 29 heavy (non-hydrogen) atoms. The number of morpholine rings is 1. The zero-order valence-electron chi connectivity index (χ0n) is 16.4. The van der Waals surface area contributed by atoms with E-state index in [4.69, 9.17) is 4.74 Å². The Morgan fingerprint density at radius 2 is 1.90 bits per heavy atom. The quantitative estimate of drug-likeness (QED) is 0.748. The van der Waals surface area contributed by atoms with Crippen LogP contribution in [0.4, 0.5) is 15.8 Å². The van der Waals surface area contributed by atoms with E-state index < -0.39 is 20.7 Å². The van der Waals surface area contributed by atoms with Crippen molar-refractivity contribution in [1.29, 1.82) is 0 Å². The summed E-state index contributed by atoms with van der Waals surface area (Å²) in [6.45, 7) is 4.69. The maximum absolute atomic E-state index is 14.2. The van der Waals surface area contributed by atoms with E-state index in [0.29, 0.717) is 11.4 Å². The molecule has 0 spiro atoms. The van der Waals surface area contributed by atoms with Crippen LogP contribution in [0.15, 0.2) is 41.3 Å². The maximum Gasteiger partial charge on any atom is 0.246 e. The van der Waals surface area contributed by atoms with Crippen LogP contribution in [0.3, 0.4) is 0 Å². The first-order valence-corrected chi connectivity index (χ1v) is 10.7. The molecule has 0 atom stereocenters. The molecule has 2 aromatic carbocycles. The maximum atomic E-state index is 14.2. The van der Waals surface area contributed by atoms with Gasteiger partial charge >= 0.3 is 0 Å². The van der Waals surface area contributed by atoms with Crippen molar-refractivity contribution in [2.45, 2.75) is 18.7 Å². The summed E-state index contributed by atoms with van der Waals surface area (Å²) in [5.41, 5.74) is 3.09. The number of carbonyl (C=O) groups excluding carboxylic acids is 1. The molecule has 1 fully saturated rings. The van der Waals surface area contributed by atoms with E-state index in [-0.39, 0.29) is 38.8 Å². The lowest BCUT2D eigenvalue weighted by Crippen LogP contribution is -2.40. The molecule has 0 aliphatic carbocycles. The molecule has 0 saturated carbocycles. The molecule has 0 bridgehead atoms. The topological polar surface area (TPSA) is 87.7 Å². The van der Waals surface area contributed by atoms with Gasteiger partial charge < -0.3 is 15.4 Å². The lowest BCUT2D eigenvalue weighted by Gasteiger charge is -2.26. The second-order valence-electron chi connectivity index (χ2n) is 6.81. The Kier molecular flexibility index (Phi) is 6.51. The lowest BCUT2D eigenvalue weighted by atomic mass is 10.1. The van der Waals surface area contributed by atoms with Gasteiger partial charge in [-0.3, -0.25) is 4.79 Å². The Balaban J connectivity index is 1.69. The number of hydrogen-bond donors (Lipinski definition) is 2. The molecule has 7 nitrogen and oxygen atoms in total. The van der Waals surface area contributed by atoms with Crippen molar-refractivity contribution < 1.29 is 22.3 Å². The fourth-order valence-corrected chi connectivity index (χ4v) is 4.50. The van der Waals surface area contributed by atoms with Gasteiger partial charge in [-0.1, -0.05) is 12.1 Å². The number of halogens is 1. The van der Waals surface area contributed by atoms with Gasteiger partial charge in [-0.2, -0.15) is 4.31 Å². The molecule has 1 aliphatic heterocycles. The van der Waals surface area contributed by atoms with Crippen molar-refractivity contribution in [1.82, 2.24) is 4.31 Å². The van der Waals surface area contributed by atoms with Crippen LogP contribution in [0.5, 0.6) is 0 Å². The third kappa shape index (κ3) is 4.92. The summed E-state index contributed by atoms with van der Waals surface area (Å²) in [6, 6.07) is 9.32. The minimum atomic E-state index is -3.97. The molecule has 1 amide bonds. The van der Waals surface area contributed by atoms with Crippen LogP contribution in [0, 0.1) is 19.7 Å². The van der Waals surface area contributed by atoms with Crippen molar-refractivity contribution in [2.24, 2.45) is 0 Å². The monoisotopic (exact) mass is 421 g/mol. The molecule has 2 aromatic rings. The molecular formula is C20H24FN3O4S. The summed E-state index contributed by atoms with van der Waals surface area (Å²) in [5, 5.41) is 5.67. The van der Waals surface area contributed by atoms with Crippen LogP contribution in [0.1, 0.15) is 11.1 Å². The van der Waals surface area contributed by atoms with Crippen molar-refractivity contribution >= 4 is 27.3 Å². The molecule has 3 rings (SSSR count). The zero-order chi connectivity index (χ0) is 21.0. The average molecular weight is 421 g/mol. The Morgan fingerprint density at radius 1 is 1.17 bits per heavy atom. The number of benzene rings is 2. The third-order valence-corrected chi connectivity index (χ3v) is 6.76. The van der Waals surface area contributed by atoms with Gasteiger partial charge in [0.1, 0.15) is 10.7 Å².